The average Bonchev–Trinajstić information content (AvgIpc) is 2.14. The molecular weight excluding hydrogens is 220 g/mol. The molecule has 0 unspecified atom stereocenters. The van der Waals surface area contributed by atoms with E-state index in [-0.39, 0.29) is 0 Å². The molecule has 0 radical (unpaired) electrons. The Hall–Kier alpha value is -1.54. The Kier molecular flexibility index (Phi) is 3.42. The molecule has 3 heteroatoms. The van der Waals surface area contributed by atoms with Gasteiger partial charge in [0.25, 0.3) is 0 Å². The van der Waals surface area contributed by atoms with Crippen LogP contribution in [0.2, 0.25) is 5.02 Å². The lowest BCUT2D eigenvalue weighted by Crippen LogP contribution is -1.89. The van der Waals surface area contributed by atoms with Crippen molar-refractivity contribution in [3.63, 3.8) is 0 Å². The number of hydrogen-bond donors (Lipinski definition) is 1. The van der Waals surface area contributed by atoms with Crippen LogP contribution >= 0.6 is 11.6 Å². The first-order chi connectivity index (χ1) is 7.75. The van der Waals surface area contributed by atoms with Crippen molar-refractivity contribution in [3.05, 3.63) is 47.0 Å². The predicted octanol–water partition coefficient (Wildman–Crippen LogP) is 3.68. The molecule has 0 aromatic heterocycles. The zero-order chi connectivity index (χ0) is 11.4. The van der Waals surface area contributed by atoms with Crippen LogP contribution in [0.1, 0.15) is 18.4 Å². The molecule has 0 fully saturated rings. The van der Waals surface area contributed by atoms with Gasteiger partial charge in [-0.2, -0.15) is 0 Å². The summed E-state index contributed by atoms with van der Waals surface area (Å²) in [6, 6.07) is 5.50. The minimum absolute atomic E-state index is 0.642. The highest BCUT2D eigenvalue weighted by Crippen LogP contribution is 2.24. The maximum atomic E-state index is 5.97. The highest BCUT2D eigenvalue weighted by Gasteiger charge is 2.02. The Morgan fingerprint density at radius 2 is 2.06 bits per heavy atom. The summed E-state index contributed by atoms with van der Waals surface area (Å²) < 4.78 is 0. The van der Waals surface area contributed by atoms with Gasteiger partial charge in [0, 0.05) is 22.5 Å². The Balaban J connectivity index is 2.38. The van der Waals surface area contributed by atoms with E-state index >= 15 is 0 Å². The van der Waals surface area contributed by atoms with E-state index in [1.807, 2.05) is 18.2 Å². The first kappa shape index (κ1) is 11.0. The monoisotopic (exact) mass is 232 g/mol. The molecule has 1 aromatic rings. The van der Waals surface area contributed by atoms with E-state index in [0.717, 1.165) is 24.1 Å². The fourth-order valence-electron chi connectivity index (χ4n) is 1.60. The van der Waals surface area contributed by atoms with Gasteiger partial charge < -0.3 is 5.73 Å². The Morgan fingerprint density at radius 1 is 1.19 bits per heavy atom. The van der Waals surface area contributed by atoms with Crippen molar-refractivity contribution < 1.29 is 0 Å². The molecule has 1 aliphatic rings. The average molecular weight is 233 g/mol. The van der Waals surface area contributed by atoms with E-state index in [4.69, 9.17) is 17.3 Å². The molecule has 0 aliphatic carbocycles. The van der Waals surface area contributed by atoms with Gasteiger partial charge in [0.15, 0.2) is 0 Å². The molecule has 1 aromatic carbocycles. The summed E-state index contributed by atoms with van der Waals surface area (Å²) in [4.78, 5) is 4.37. The summed E-state index contributed by atoms with van der Waals surface area (Å²) in [6.45, 7) is 0. The Morgan fingerprint density at radius 3 is 2.88 bits per heavy atom. The van der Waals surface area contributed by atoms with E-state index in [9.17, 15) is 0 Å². The number of allylic oxidation sites excluding steroid dienone is 3. The number of nitrogens with zero attached hydrogens (tertiary/aromatic N) is 1. The fourth-order valence-corrected chi connectivity index (χ4v) is 1.85. The van der Waals surface area contributed by atoms with E-state index in [1.54, 1.807) is 12.3 Å². The molecule has 2 N–H and O–H groups in total. The summed E-state index contributed by atoms with van der Waals surface area (Å²) in [7, 11) is 0. The lowest BCUT2D eigenvalue weighted by atomic mass is 10.1. The molecule has 1 aliphatic heterocycles. The van der Waals surface area contributed by atoms with Crippen LogP contribution in [0, 0.1) is 0 Å². The molecule has 0 atom stereocenters. The van der Waals surface area contributed by atoms with Crippen LogP contribution in [0.5, 0.6) is 0 Å². The summed E-state index contributed by atoms with van der Waals surface area (Å²) >= 11 is 5.97. The van der Waals surface area contributed by atoms with E-state index in [1.165, 1.54) is 0 Å². The summed E-state index contributed by atoms with van der Waals surface area (Å²) in [6.07, 6.45) is 9.97. The molecule has 0 saturated carbocycles. The van der Waals surface area contributed by atoms with Crippen LogP contribution in [0.3, 0.4) is 0 Å². The lowest BCUT2D eigenvalue weighted by molar-refractivity contribution is 1.05. The first-order valence-electron chi connectivity index (χ1n) is 5.21. The van der Waals surface area contributed by atoms with Gasteiger partial charge in [0.1, 0.15) is 0 Å². The largest absolute Gasteiger partial charge is 0.399 e. The number of benzene rings is 1. The second kappa shape index (κ2) is 4.99. The summed E-state index contributed by atoms with van der Waals surface area (Å²) in [5.74, 6) is 0. The summed E-state index contributed by atoms with van der Waals surface area (Å²) in [5.41, 5.74) is 8.32. The normalized spacial score (nSPS) is 17.4. The maximum Gasteiger partial charge on any atom is 0.0663 e. The van der Waals surface area contributed by atoms with Crippen LogP contribution < -0.4 is 5.73 Å². The smallest absolute Gasteiger partial charge is 0.0663 e. The van der Waals surface area contributed by atoms with Gasteiger partial charge in [-0.3, -0.25) is 4.99 Å². The van der Waals surface area contributed by atoms with Crippen molar-refractivity contribution in [2.24, 2.45) is 4.99 Å². The predicted molar refractivity (Wildman–Crippen MR) is 70.7 cm³/mol. The molecule has 0 amide bonds. The molecule has 2 rings (SSSR count). The lowest BCUT2D eigenvalue weighted by Gasteiger charge is -2.05. The molecule has 16 heavy (non-hydrogen) atoms. The van der Waals surface area contributed by atoms with Gasteiger partial charge in [-0.1, -0.05) is 23.8 Å². The van der Waals surface area contributed by atoms with Gasteiger partial charge in [-0.05, 0) is 37.1 Å². The van der Waals surface area contributed by atoms with Crippen molar-refractivity contribution in [1.29, 1.82) is 0 Å². The number of rotatable bonds is 1. The number of anilines is 1. The molecule has 0 saturated heterocycles. The van der Waals surface area contributed by atoms with Crippen molar-refractivity contribution in [2.75, 3.05) is 5.73 Å². The highest BCUT2D eigenvalue weighted by molar-refractivity contribution is 6.31. The van der Waals surface area contributed by atoms with Crippen LogP contribution in [0.25, 0.3) is 5.70 Å². The minimum Gasteiger partial charge on any atom is -0.399 e. The SMILES string of the molecule is Nc1cc(Cl)cc(C2=CCC/C=C/C=N2)c1. The van der Waals surface area contributed by atoms with Crippen LogP contribution in [-0.2, 0) is 0 Å². The van der Waals surface area contributed by atoms with Gasteiger partial charge in [0.2, 0.25) is 0 Å². The number of aliphatic imine (C=N–C) groups is 1. The van der Waals surface area contributed by atoms with Gasteiger partial charge in [-0.25, -0.2) is 0 Å². The highest BCUT2D eigenvalue weighted by atomic mass is 35.5. The molecule has 2 nitrogen and oxygen atoms in total. The van der Waals surface area contributed by atoms with Gasteiger partial charge in [-0.15, -0.1) is 0 Å². The van der Waals surface area contributed by atoms with E-state index in [0.29, 0.717) is 10.7 Å². The molecule has 1 heterocycles. The van der Waals surface area contributed by atoms with Crippen LogP contribution in [0.15, 0.2) is 41.4 Å². The van der Waals surface area contributed by atoms with E-state index < -0.39 is 0 Å². The third-order valence-corrected chi connectivity index (χ3v) is 2.54. The second-order valence-corrected chi connectivity index (χ2v) is 4.08. The topological polar surface area (TPSA) is 38.4 Å². The van der Waals surface area contributed by atoms with Gasteiger partial charge in [0.05, 0.1) is 5.70 Å². The standard InChI is InChI=1S/C13H13ClN2/c14-11-7-10(8-12(15)9-11)13-5-3-1-2-4-6-16-13/h2,4-9H,1,3,15H2/b4-2+,13-5?,16-6?. The van der Waals surface area contributed by atoms with Crippen molar-refractivity contribution in [3.8, 4) is 0 Å². The number of halogens is 1. The number of nitrogen functional groups attached to an aromatic ring is 1. The fraction of sp³-hybridized carbons (Fsp3) is 0.154. The molecule has 82 valence electrons. The van der Waals surface area contributed by atoms with Crippen molar-refractivity contribution in [2.45, 2.75) is 12.8 Å². The zero-order valence-corrected chi connectivity index (χ0v) is 9.61. The van der Waals surface area contributed by atoms with Crippen molar-refractivity contribution >= 4 is 29.2 Å². The third-order valence-electron chi connectivity index (χ3n) is 2.32. The van der Waals surface area contributed by atoms with Crippen LogP contribution in [0.4, 0.5) is 5.69 Å². The van der Waals surface area contributed by atoms with Crippen molar-refractivity contribution in [1.82, 2.24) is 0 Å². The number of nitrogens with two attached hydrogens (primary N) is 1. The minimum atomic E-state index is 0.642. The quantitative estimate of drug-likeness (QED) is 0.737. The van der Waals surface area contributed by atoms with Gasteiger partial charge >= 0.3 is 0 Å². The zero-order valence-electron chi connectivity index (χ0n) is 8.86. The molecule has 0 spiro atoms. The molecule has 0 bridgehead atoms. The Labute approximate surface area is 100 Å². The van der Waals surface area contributed by atoms with E-state index in [2.05, 4.69) is 17.1 Å². The number of hydrogen-bond acceptors (Lipinski definition) is 2. The second-order valence-electron chi connectivity index (χ2n) is 3.65. The third kappa shape index (κ3) is 2.74. The Bertz CT molecular complexity index is 453. The maximum absolute atomic E-state index is 5.97. The first-order valence-corrected chi connectivity index (χ1v) is 5.59. The molecular formula is C13H13ClN2. The summed E-state index contributed by atoms with van der Waals surface area (Å²) in [5, 5.41) is 0.642. The van der Waals surface area contributed by atoms with Crippen LogP contribution in [-0.4, -0.2) is 6.21 Å².